The topological polar surface area (TPSA) is 45.2 Å². The van der Waals surface area contributed by atoms with Crippen LogP contribution in [-0.2, 0) is 11.0 Å². The van der Waals surface area contributed by atoms with Crippen molar-refractivity contribution in [1.82, 2.24) is 10.3 Å². The van der Waals surface area contributed by atoms with E-state index in [2.05, 4.69) is 17.2 Å². The number of aromatic nitrogens is 1. The lowest BCUT2D eigenvalue weighted by atomic mass is 9.96. The summed E-state index contributed by atoms with van der Waals surface area (Å²) >= 11 is 5.98. The van der Waals surface area contributed by atoms with Crippen molar-refractivity contribution in [3.8, 4) is 0 Å². The average molecular weight is 378 g/mol. The lowest BCUT2D eigenvalue weighted by molar-refractivity contribution is -0.137. The quantitative estimate of drug-likeness (QED) is 0.753. The van der Waals surface area contributed by atoms with Gasteiger partial charge in [-0.15, -0.1) is 0 Å². The number of nitrogens with one attached hydrogen (secondary N) is 1. The number of anilines is 1. The zero-order chi connectivity index (χ0) is 18.4. The van der Waals surface area contributed by atoms with Crippen molar-refractivity contribution >= 4 is 23.3 Å². The van der Waals surface area contributed by atoms with E-state index in [4.69, 9.17) is 11.6 Å². The molecular formula is C17H23ClF3N3O. The molecule has 1 fully saturated rings. The maximum Gasteiger partial charge on any atom is 0.417 e. The minimum atomic E-state index is -4.46. The molecule has 8 heteroatoms. The zero-order valence-corrected chi connectivity index (χ0v) is 15.0. The molecule has 0 atom stereocenters. The Labute approximate surface area is 150 Å². The SMILES string of the molecule is CCCCCNC(=O)C1CCN(c2ncc(C(F)(F)F)cc2Cl)CC1. The number of pyridine rings is 1. The molecule has 2 heterocycles. The first-order chi connectivity index (χ1) is 11.8. The zero-order valence-electron chi connectivity index (χ0n) is 14.2. The Morgan fingerprint density at radius 2 is 2.04 bits per heavy atom. The summed E-state index contributed by atoms with van der Waals surface area (Å²) in [5.74, 6) is 0.338. The molecule has 0 radical (unpaired) electrons. The molecule has 0 aliphatic carbocycles. The monoisotopic (exact) mass is 377 g/mol. The van der Waals surface area contributed by atoms with Crippen molar-refractivity contribution in [2.24, 2.45) is 5.92 Å². The summed E-state index contributed by atoms with van der Waals surface area (Å²) in [6.07, 6.45) is 0.793. The van der Waals surface area contributed by atoms with E-state index in [1.165, 1.54) is 0 Å². The van der Waals surface area contributed by atoms with Crippen molar-refractivity contribution in [2.75, 3.05) is 24.5 Å². The van der Waals surface area contributed by atoms with Crippen LogP contribution in [0.1, 0.15) is 44.6 Å². The highest BCUT2D eigenvalue weighted by atomic mass is 35.5. The Balaban J connectivity index is 1.88. The van der Waals surface area contributed by atoms with Gasteiger partial charge in [-0.1, -0.05) is 31.4 Å². The smallest absolute Gasteiger partial charge is 0.356 e. The molecule has 1 N–H and O–H groups in total. The predicted octanol–water partition coefficient (Wildman–Crippen LogP) is 4.28. The Hall–Kier alpha value is -1.50. The van der Waals surface area contributed by atoms with Crippen molar-refractivity contribution in [2.45, 2.75) is 45.2 Å². The maximum atomic E-state index is 12.7. The van der Waals surface area contributed by atoms with Gasteiger partial charge in [-0.05, 0) is 25.3 Å². The third-order valence-electron chi connectivity index (χ3n) is 4.39. The number of nitrogens with zero attached hydrogens (tertiary/aromatic N) is 2. The Kier molecular flexibility index (Phi) is 6.93. The third-order valence-corrected chi connectivity index (χ3v) is 4.67. The molecule has 0 aromatic carbocycles. The van der Waals surface area contributed by atoms with Crippen LogP contribution in [0, 0.1) is 5.92 Å². The van der Waals surface area contributed by atoms with Crippen molar-refractivity contribution in [3.63, 3.8) is 0 Å². The number of amides is 1. The van der Waals surface area contributed by atoms with Gasteiger partial charge >= 0.3 is 6.18 Å². The average Bonchev–Trinajstić information content (AvgIpc) is 2.58. The van der Waals surface area contributed by atoms with Crippen molar-refractivity contribution in [3.05, 3.63) is 22.8 Å². The number of piperidine rings is 1. The van der Waals surface area contributed by atoms with Gasteiger partial charge in [0.15, 0.2) is 0 Å². The normalized spacial score (nSPS) is 16.1. The number of carbonyl (C=O) groups excluding carboxylic acids is 1. The van der Waals surface area contributed by atoms with Gasteiger partial charge in [0.05, 0.1) is 10.6 Å². The van der Waals surface area contributed by atoms with E-state index in [0.717, 1.165) is 31.5 Å². The summed E-state index contributed by atoms with van der Waals surface area (Å²) in [6, 6.07) is 0.899. The third kappa shape index (κ3) is 5.49. The van der Waals surface area contributed by atoms with Gasteiger partial charge < -0.3 is 10.2 Å². The summed E-state index contributed by atoms with van der Waals surface area (Å²) in [5.41, 5.74) is -0.859. The van der Waals surface area contributed by atoms with E-state index in [1.807, 2.05) is 4.90 Å². The number of hydrogen-bond acceptors (Lipinski definition) is 3. The first kappa shape index (κ1) is 19.8. The van der Waals surface area contributed by atoms with Crippen LogP contribution >= 0.6 is 11.6 Å². The van der Waals surface area contributed by atoms with Crippen LogP contribution in [0.25, 0.3) is 0 Å². The van der Waals surface area contributed by atoms with Crippen molar-refractivity contribution < 1.29 is 18.0 Å². The van der Waals surface area contributed by atoms with Crippen LogP contribution in [0.4, 0.5) is 19.0 Å². The van der Waals surface area contributed by atoms with Crippen LogP contribution in [-0.4, -0.2) is 30.5 Å². The highest BCUT2D eigenvalue weighted by Gasteiger charge is 2.32. The molecule has 2 rings (SSSR count). The minimum Gasteiger partial charge on any atom is -0.356 e. The molecular weight excluding hydrogens is 355 g/mol. The summed E-state index contributed by atoms with van der Waals surface area (Å²) < 4.78 is 38.0. The van der Waals surface area contributed by atoms with Crippen LogP contribution in [0.2, 0.25) is 5.02 Å². The molecule has 1 aromatic heterocycles. The number of unbranched alkanes of at least 4 members (excludes halogenated alkanes) is 2. The second kappa shape index (κ2) is 8.74. The molecule has 1 aliphatic heterocycles. The van der Waals surface area contributed by atoms with Crippen LogP contribution in [0.3, 0.4) is 0 Å². The Bertz CT molecular complexity index is 587. The second-order valence-corrected chi connectivity index (χ2v) is 6.69. The standard InChI is InChI=1S/C17H23ClF3N3O/c1-2-3-4-7-22-16(25)12-5-8-24(9-6-12)15-14(18)10-13(11-23-15)17(19,20)21/h10-12H,2-9H2,1H3,(H,22,25). The summed E-state index contributed by atoms with van der Waals surface area (Å²) in [5, 5.41) is 2.94. The molecule has 0 bridgehead atoms. The van der Waals surface area contributed by atoms with Gasteiger partial charge in [-0.2, -0.15) is 13.2 Å². The second-order valence-electron chi connectivity index (χ2n) is 6.29. The number of carbonyl (C=O) groups is 1. The fourth-order valence-electron chi connectivity index (χ4n) is 2.90. The first-order valence-electron chi connectivity index (χ1n) is 8.58. The van der Waals surface area contributed by atoms with E-state index >= 15 is 0 Å². The maximum absolute atomic E-state index is 12.7. The summed E-state index contributed by atoms with van der Waals surface area (Å²) in [7, 11) is 0. The molecule has 1 aliphatic rings. The molecule has 25 heavy (non-hydrogen) atoms. The van der Waals surface area contributed by atoms with Gasteiger partial charge in [0.25, 0.3) is 0 Å². The van der Waals surface area contributed by atoms with E-state index < -0.39 is 11.7 Å². The van der Waals surface area contributed by atoms with E-state index in [0.29, 0.717) is 38.3 Å². The Morgan fingerprint density at radius 3 is 2.60 bits per heavy atom. The van der Waals surface area contributed by atoms with E-state index in [-0.39, 0.29) is 16.8 Å². The molecule has 0 spiro atoms. The fraction of sp³-hybridized carbons (Fsp3) is 0.647. The number of hydrogen-bond donors (Lipinski definition) is 1. The summed E-state index contributed by atoms with van der Waals surface area (Å²) in [4.78, 5) is 17.8. The van der Waals surface area contributed by atoms with Gasteiger partial charge in [0.1, 0.15) is 5.82 Å². The van der Waals surface area contributed by atoms with Gasteiger partial charge in [0, 0.05) is 31.7 Å². The highest BCUT2D eigenvalue weighted by Crippen LogP contribution is 2.34. The molecule has 0 unspecified atom stereocenters. The van der Waals surface area contributed by atoms with Gasteiger partial charge in [-0.3, -0.25) is 4.79 Å². The number of alkyl halides is 3. The van der Waals surface area contributed by atoms with Crippen molar-refractivity contribution in [1.29, 1.82) is 0 Å². The van der Waals surface area contributed by atoms with Crippen LogP contribution < -0.4 is 10.2 Å². The van der Waals surface area contributed by atoms with E-state index in [9.17, 15) is 18.0 Å². The van der Waals surface area contributed by atoms with E-state index in [1.54, 1.807) is 0 Å². The molecule has 1 saturated heterocycles. The van der Waals surface area contributed by atoms with Crippen LogP contribution in [0.5, 0.6) is 0 Å². The summed E-state index contributed by atoms with van der Waals surface area (Å²) in [6.45, 7) is 3.90. The largest absolute Gasteiger partial charge is 0.417 e. The molecule has 0 saturated carbocycles. The van der Waals surface area contributed by atoms with Gasteiger partial charge in [0.2, 0.25) is 5.91 Å². The Morgan fingerprint density at radius 1 is 1.36 bits per heavy atom. The molecule has 1 aromatic rings. The van der Waals surface area contributed by atoms with Gasteiger partial charge in [-0.25, -0.2) is 4.98 Å². The lowest BCUT2D eigenvalue weighted by Gasteiger charge is -2.32. The molecule has 140 valence electrons. The first-order valence-corrected chi connectivity index (χ1v) is 8.96. The predicted molar refractivity (Wildman–Crippen MR) is 91.7 cm³/mol. The minimum absolute atomic E-state index is 0.0164. The molecule has 4 nitrogen and oxygen atoms in total. The van der Waals surface area contributed by atoms with Crippen LogP contribution in [0.15, 0.2) is 12.3 Å². The highest BCUT2D eigenvalue weighted by molar-refractivity contribution is 6.33. The fourth-order valence-corrected chi connectivity index (χ4v) is 3.19. The lowest BCUT2D eigenvalue weighted by Crippen LogP contribution is -2.41. The number of rotatable bonds is 6. The molecule has 1 amide bonds. The number of halogens is 4.